The van der Waals surface area contributed by atoms with Crippen LogP contribution in [0.2, 0.25) is 0 Å². The summed E-state index contributed by atoms with van der Waals surface area (Å²) in [6.07, 6.45) is -1.56. The summed E-state index contributed by atoms with van der Waals surface area (Å²) in [6.45, 7) is 3.03. The Balaban J connectivity index is 1.34. The molecule has 0 radical (unpaired) electrons. The Kier molecular flexibility index (Phi) is 9.18. The molecule has 13 heteroatoms. The first-order chi connectivity index (χ1) is 22.8. The van der Waals surface area contributed by atoms with Crippen molar-refractivity contribution in [3.63, 3.8) is 0 Å². The van der Waals surface area contributed by atoms with E-state index >= 15 is 0 Å². The van der Waals surface area contributed by atoms with Crippen molar-refractivity contribution in [1.82, 2.24) is 19.5 Å². The number of carbonyl (C=O) groups excluding carboxylic acids is 3. The van der Waals surface area contributed by atoms with E-state index in [0.29, 0.717) is 16.9 Å². The lowest BCUT2D eigenvalue weighted by atomic mass is 10.1. The average Bonchev–Trinajstić information content (AvgIpc) is 3.70. The van der Waals surface area contributed by atoms with Crippen LogP contribution in [0, 0.1) is 5.92 Å². The molecule has 6 rings (SSSR count). The number of imidazole rings is 1. The van der Waals surface area contributed by atoms with Gasteiger partial charge in [-0.05, 0) is 36.4 Å². The molecule has 1 aliphatic rings. The molecule has 1 aliphatic heterocycles. The molecule has 240 valence electrons. The van der Waals surface area contributed by atoms with Crippen LogP contribution in [-0.2, 0) is 14.3 Å². The van der Waals surface area contributed by atoms with Crippen LogP contribution in [0.5, 0.6) is 5.88 Å². The summed E-state index contributed by atoms with van der Waals surface area (Å²) >= 11 is 0. The standard InChI is InChI=1S/C34H32N6O7/c1-21(2)30(42)37-33-36-29-28(31(38-33)47-34(44)40(23-14-8-4-9-15-23)24-16-10-5-11-17-24)35-20-39(29)27-18-25(26(19-41)45-27)46-32(43)22-12-6-3-7-13-22/h3-17,20-21,25-27,41H,18-19H2,1-2H3,(H,36,37,38,42)/t25-,26-,27-/m0/s1. The monoisotopic (exact) mass is 636 g/mol. The number of carbonyl (C=O) groups is 3. The van der Waals surface area contributed by atoms with Crippen molar-refractivity contribution in [2.24, 2.45) is 5.92 Å². The van der Waals surface area contributed by atoms with Crippen molar-refractivity contribution in [1.29, 1.82) is 0 Å². The van der Waals surface area contributed by atoms with Crippen LogP contribution in [0.25, 0.3) is 11.2 Å². The van der Waals surface area contributed by atoms with Gasteiger partial charge in [0.25, 0.3) is 5.88 Å². The number of hydrogen-bond donors (Lipinski definition) is 2. The van der Waals surface area contributed by atoms with Crippen molar-refractivity contribution >= 4 is 46.5 Å². The predicted molar refractivity (Wildman–Crippen MR) is 171 cm³/mol. The molecule has 0 spiro atoms. The minimum atomic E-state index is -0.824. The highest BCUT2D eigenvalue weighted by Crippen LogP contribution is 2.35. The van der Waals surface area contributed by atoms with E-state index in [0.717, 1.165) is 0 Å². The van der Waals surface area contributed by atoms with E-state index in [1.54, 1.807) is 97.3 Å². The van der Waals surface area contributed by atoms with Crippen LogP contribution in [0.3, 0.4) is 0 Å². The van der Waals surface area contributed by atoms with E-state index in [4.69, 9.17) is 14.2 Å². The summed E-state index contributed by atoms with van der Waals surface area (Å²) in [5, 5.41) is 12.7. The molecule has 2 amide bonds. The molecule has 0 unspecified atom stereocenters. The number of fused-ring (bicyclic) bond motifs is 1. The lowest BCUT2D eigenvalue weighted by Gasteiger charge is -2.22. The Morgan fingerprint density at radius 1 is 0.957 bits per heavy atom. The minimum Gasteiger partial charge on any atom is -0.456 e. The molecular weight excluding hydrogens is 604 g/mol. The quantitative estimate of drug-likeness (QED) is 0.204. The third-order valence-electron chi connectivity index (χ3n) is 7.48. The van der Waals surface area contributed by atoms with Gasteiger partial charge in [-0.1, -0.05) is 68.4 Å². The Morgan fingerprint density at radius 2 is 1.57 bits per heavy atom. The summed E-state index contributed by atoms with van der Waals surface area (Å²) in [7, 11) is 0. The Morgan fingerprint density at radius 3 is 2.17 bits per heavy atom. The van der Waals surface area contributed by atoms with Crippen LogP contribution >= 0.6 is 0 Å². The number of amides is 2. The summed E-state index contributed by atoms with van der Waals surface area (Å²) < 4.78 is 19.2. The van der Waals surface area contributed by atoms with Crippen molar-refractivity contribution in [3.8, 4) is 5.88 Å². The number of rotatable bonds is 9. The highest BCUT2D eigenvalue weighted by molar-refractivity contribution is 5.98. The molecule has 3 heterocycles. The van der Waals surface area contributed by atoms with Crippen molar-refractivity contribution in [3.05, 3.63) is 103 Å². The lowest BCUT2D eigenvalue weighted by molar-refractivity contribution is -0.118. The fraction of sp³-hybridized carbons (Fsp3) is 0.235. The molecule has 0 aliphatic carbocycles. The fourth-order valence-electron chi connectivity index (χ4n) is 5.06. The number of aromatic nitrogens is 4. The highest BCUT2D eigenvalue weighted by Gasteiger charge is 2.40. The molecule has 0 bridgehead atoms. The highest BCUT2D eigenvalue weighted by atomic mass is 16.6. The van der Waals surface area contributed by atoms with E-state index in [2.05, 4.69) is 20.3 Å². The molecule has 1 saturated heterocycles. The number of aliphatic hydroxyl groups is 1. The Labute approximate surface area is 269 Å². The number of esters is 1. The van der Waals surface area contributed by atoms with Gasteiger partial charge in [-0.3, -0.25) is 14.7 Å². The number of ether oxygens (including phenoxy) is 3. The maximum atomic E-state index is 13.8. The normalized spacial score (nSPS) is 17.4. The van der Waals surface area contributed by atoms with Gasteiger partial charge in [0.2, 0.25) is 11.9 Å². The maximum absolute atomic E-state index is 13.8. The van der Waals surface area contributed by atoms with Crippen molar-refractivity contribution in [2.45, 2.75) is 38.7 Å². The van der Waals surface area contributed by atoms with E-state index in [-0.39, 0.29) is 41.2 Å². The molecular formula is C34H32N6O7. The van der Waals surface area contributed by atoms with Gasteiger partial charge in [-0.25, -0.2) is 19.5 Å². The SMILES string of the molecule is CC(C)C(=O)Nc1nc(OC(=O)N(c2ccccc2)c2ccccc2)c2ncn([C@@H]3C[C@H](OC(=O)c4ccccc4)[C@H](CO)O3)c2n1. The van der Waals surface area contributed by atoms with Crippen LogP contribution < -0.4 is 15.0 Å². The van der Waals surface area contributed by atoms with Crippen LogP contribution in [-0.4, -0.2) is 61.4 Å². The second-order valence-electron chi connectivity index (χ2n) is 11.1. The van der Waals surface area contributed by atoms with Gasteiger partial charge < -0.3 is 19.3 Å². The first-order valence-corrected chi connectivity index (χ1v) is 15.0. The van der Waals surface area contributed by atoms with Gasteiger partial charge in [0.1, 0.15) is 18.4 Å². The maximum Gasteiger partial charge on any atom is 0.425 e. The summed E-state index contributed by atoms with van der Waals surface area (Å²) in [5.41, 5.74) is 1.78. The van der Waals surface area contributed by atoms with E-state index < -0.39 is 37.1 Å². The van der Waals surface area contributed by atoms with Crippen LogP contribution in [0.15, 0.2) is 97.3 Å². The van der Waals surface area contributed by atoms with Gasteiger partial charge in [0, 0.05) is 12.3 Å². The smallest absolute Gasteiger partial charge is 0.425 e. The van der Waals surface area contributed by atoms with Crippen LogP contribution in [0.1, 0.15) is 36.9 Å². The van der Waals surface area contributed by atoms with E-state index in [1.165, 1.54) is 11.2 Å². The summed E-state index contributed by atoms with van der Waals surface area (Å²) in [6, 6.07) is 26.5. The van der Waals surface area contributed by atoms with Gasteiger partial charge >= 0.3 is 12.1 Å². The number of nitrogens with zero attached hydrogens (tertiary/aromatic N) is 5. The fourth-order valence-corrected chi connectivity index (χ4v) is 5.06. The van der Waals surface area contributed by atoms with E-state index in [1.807, 2.05) is 12.1 Å². The predicted octanol–water partition coefficient (Wildman–Crippen LogP) is 5.26. The molecule has 1 fully saturated rings. The molecule has 3 aromatic carbocycles. The van der Waals surface area contributed by atoms with Crippen molar-refractivity contribution in [2.75, 3.05) is 16.8 Å². The third kappa shape index (κ3) is 6.81. The molecule has 2 N–H and O–H groups in total. The molecule has 3 atom stereocenters. The van der Waals surface area contributed by atoms with Crippen molar-refractivity contribution < 1.29 is 33.7 Å². The number of anilines is 3. The zero-order valence-electron chi connectivity index (χ0n) is 25.6. The number of aliphatic hydroxyl groups excluding tert-OH is 1. The Hall–Kier alpha value is -5.66. The zero-order chi connectivity index (χ0) is 32.9. The van der Waals surface area contributed by atoms with E-state index in [9.17, 15) is 19.5 Å². The number of para-hydroxylation sites is 2. The largest absolute Gasteiger partial charge is 0.456 e. The average molecular weight is 637 g/mol. The van der Waals surface area contributed by atoms with Gasteiger partial charge in [0.05, 0.1) is 29.9 Å². The summed E-state index contributed by atoms with van der Waals surface area (Å²) in [5.74, 6) is -1.60. The second-order valence-corrected chi connectivity index (χ2v) is 11.1. The first kappa shape index (κ1) is 31.3. The molecule has 5 aromatic rings. The topological polar surface area (TPSA) is 158 Å². The second kappa shape index (κ2) is 13.8. The molecule has 2 aromatic heterocycles. The molecule has 47 heavy (non-hydrogen) atoms. The molecule has 13 nitrogen and oxygen atoms in total. The Bertz CT molecular complexity index is 1830. The third-order valence-corrected chi connectivity index (χ3v) is 7.48. The first-order valence-electron chi connectivity index (χ1n) is 15.0. The lowest BCUT2D eigenvalue weighted by Crippen LogP contribution is -2.30. The number of hydrogen-bond acceptors (Lipinski definition) is 10. The van der Waals surface area contributed by atoms with Gasteiger partial charge in [0.15, 0.2) is 11.2 Å². The van der Waals surface area contributed by atoms with Gasteiger partial charge in [-0.15, -0.1) is 0 Å². The van der Waals surface area contributed by atoms with Crippen LogP contribution in [0.4, 0.5) is 22.1 Å². The van der Waals surface area contributed by atoms with Gasteiger partial charge in [-0.2, -0.15) is 9.97 Å². The minimum absolute atomic E-state index is 0.115. The summed E-state index contributed by atoms with van der Waals surface area (Å²) in [4.78, 5) is 54.0. The number of benzene rings is 3. The molecule has 0 saturated carbocycles. The zero-order valence-corrected chi connectivity index (χ0v) is 25.6. The number of nitrogens with one attached hydrogen (secondary N) is 1.